The van der Waals surface area contributed by atoms with Crippen molar-refractivity contribution in [2.75, 3.05) is 4.43 Å². The molecule has 0 amide bonds. The van der Waals surface area contributed by atoms with E-state index in [1.165, 1.54) is 17.3 Å². The summed E-state index contributed by atoms with van der Waals surface area (Å²) >= 11 is 2.39. The van der Waals surface area contributed by atoms with E-state index in [9.17, 15) is 0 Å². The van der Waals surface area contributed by atoms with Crippen LogP contribution in [-0.2, 0) is 0 Å². The minimum atomic E-state index is 0. The highest BCUT2D eigenvalue weighted by Crippen LogP contribution is 1.90. The van der Waals surface area contributed by atoms with Gasteiger partial charge < -0.3 is 0 Å². The first kappa shape index (κ1) is 10.5. The van der Waals surface area contributed by atoms with Crippen molar-refractivity contribution < 1.29 is 0 Å². The Morgan fingerprint density at radius 3 is 2.00 bits per heavy atom. The quantitative estimate of drug-likeness (QED) is 0.369. The summed E-state index contributed by atoms with van der Waals surface area (Å²) in [7, 11) is 0. The van der Waals surface area contributed by atoms with Crippen LogP contribution in [0.4, 0.5) is 0 Å². The van der Waals surface area contributed by atoms with Crippen LogP contribution in [0.3, 0.4) is 0 Å². The molecule has 2 radical (unpaired) electrons. The summed E-state index contributed by atoms with van der Waals surface area (Å²) < 4.78 is 1.31. The molecule has 0 N–H and O–H groups in total. The van der Waals surface area contributed by atoms with Crippen LogP contribution in [0.2, 0.25) is 0 Å². The lowest BCUT2D eigenvalue weighted by Gasteiger charge is -1.77. The van der Waals surface area contributed by atoms with Crippen LogP contribution in [0.1, 0.15) is 19.8 Å². The van der Waals surface area contributed by atoms with Crippen molar-refractivity contribution in [2.45, 2.75) is 19.8 Å². The molecule has 0 aromatic heterocycles. The Labute approximate surface area is 69.4 Å². The lowest BCUT2D eigenvalue weighted by Crippen LogP contribution is -1.64. The molecule has 0 unspecified atom stereocenters. The van der Waals surface area contributed by atoms with Crippen molar-refractivity contribution >= 4 is 45.6 Å². The molecule has 0 saturated heterocycles. The predicted molar refractivity (Wildman–Crippen MR) is 39.5 cm³/mol. The Morgan fingerprint density at radius 2 is 2.00 bits per heavy atom. The zero-order valence-electron chi connectivity index (χ0n) is 4.21. The summed E-state index contributed by atoms with van der Waals surface area (Å²) in [5.41, 5.74) is 0. The normalized spacial score (nSPS) is 7.00. The average Bonchev–Trinajstić information content (AvgIpc) is 1.41. The molecule has 0 aliphatic carbocycles. The Balaban J connectivity index is 0. The lowest BCUT2D eigenvalue weighted by atomic mass is 10.4. The minimum absolute atomic E-state index is 0. The van der Waals surface area contributed by atoms with Gasteiger partial charge in [-0.3, -0.25) is 0 Å². The van der Waals surface area contributed by atoms with E-state index in [4.69, 9.17) is 0 Å². The van der Waals surface area contributed by atoms with Gasteiger partial charge in [0, 0.05) is 23.1 Å². The molecule has 2 heteroatoms. The SMILES string of the molecule is CCCCI.[Mg]. The maximum Gasteiger partial charge on any atom is 0 e. The topological polar surface area (TPSA) is 0 Å². The predicted octanol–water partition coefficient (Wildman–Crippen LogP) is 1.84. The molecule has 6 heavy (non-hydrogen) atoms. The molecule has 0 rings (SSSR count). The van der Waals surface area contributed by atoms with Crippen molar-refractivity contribution in [3.05, 3.63) is 0 Å². The van der Waals surface area contributed by atoms with Gasteiger partial charge >= 0.3 is 0 Å². The lowest BCUT2D eigenvalue weighted by molar-refractivity contribution is 0.907. The van der Waals surface area contributed by atoms with Crippen LogP contribution >= 0.6 is 22.6 Å². The smallest absolute Gasteiger partial charge is 0 e. The van der Waals surface area contributed by atoms with Crippen LogP contribution in [0.25, 0.3) is 0 Å². The molecule has 0 spiro atoms. The maximum absolute atomic E-state index is 2.39. The first-order valence-electron chi connectivity index (χ1n) is 1.97. The Morgan fingerprint density at radius 1 is 1.50 bits per heavy atom. The van der Waals surface area contributed by atoms with E-state index >= 15 is 0 Å². The molecule has 0 aromatic rings. The second-order valence-electron chi connectivity index (χ2n) is 1.04. The molecule has 0 atom stereocenters. The highest BCUT2D eigenvalue weighted by molar-refractivity contribution is 14.1. The van der Waals surface area contributed by atoms with Crippen LogP contribution in [0.5, 0.6) is 0 Å². The van der Waals surface area contributed by atoms with Gasteiger partial charge in [-0.2, -0.15) is 0 Å². The van der Waals surface area contributed by atoms with Crippen LogP contribution < -0.4 is 0 Å². The van der Waals surface area contributed by atoms with Crippen molar-refractivity contribution in [2.24, 2.45) is 0 Å². The van der Waals surface area contributed by atoms with Crippen LogP contribution in [0, 0.1) is 0 Å². The van der Waals surface area contributed by atoms with Crippen LogP contribution in [0.15, 0.2) is 0 Å². The molecule has 0 bridgehead atoms. The summed E-state index contributed by atoms with van der Waals surface area (Å²) in [6.07, 6.45) is 2.71. The third kappa shape index (κ3) is 9.09. The average molecular weight is 208 g/mol. The summed E-state index contributed by atoms with van der Waals surface area (Å²) in [5, 5.41) is 0. The van der Waals surface area contributed by atoms with E-state index in [2.05, 4.69) is 29.5 Å². The van der Waals surface area contributed by atoms with Gasteiger partial charge in [-0.25, -0.2) is 0 Å². The van der Waals surface area contributed by atoms with E-state index in [1.807, 2.05) is 0 Å². The molecule has 0 fully saturated rings. The first-order chi connectivity index (χ1) is 2.41. The number of halogens is 1. The number of hydrogen-bond donors (Lipinski definition) is 0. The molecular formula is C4H9IMg. The monoisotopic (exact) mass is 208 g/mol. The van der Waals surface area contributed by atoms with E-state index < -0.39 is 0 Å². The number of hydrogen-bond acceptors (Lipinski definition) is 0. The highest BCUT2D eigenvalue weighted by atomic mass is 127. The third-order valence-corrected chi connectivity index (χ3v) is 1.25. The first-order valence-corrected chi connectivity index (χ1v) is 3.50. The Hall–Kier alpha value is 1.50. The molecule has 0 heterocycles. The standard InChI is InChI=1S/C4H9I.Mg/c1-2-3-4-5;/h2-4H2,1H3;. The van der Waals surface area contributed by atoms with E-state index in [0.29, 0.717) is 0 Å². The summed E-state index contributed by atoms with van der Waals surface area (Å²) in [6.45, 7) is 2.21. The fourth-order valence-electron chi connectivity index (χ4n) is 0.134. The Kier molecular flexibility index (Phi) is 16.9. The molecular weight excluding hydrogens is 199 g/mol. The largest absolute Gasteiger partial charge is 0.0864 e. The second-order valence-corrected chi connectivity index (χ2v) is 2.12. The molecule has 0 aromatic carbocycles. The second kappa shape index (κ2) is 9.71. The molecule has 0 aliphatic heterocycles. The van der Waals surface area contributed by atoms with E-state index in [1.54, 1.807) is 0 Å². The molecule has 0 aliphatic rings. The van der Waals surface area contributed by atoms with Gasteiger partial charge in [0.25, 0.3) is 0 Å². The van der Waals surface area contributed by atoms with Gasteiger partial charge in [-0.05, 0) is 10.8 Å². The fraction of sp³-hybridized carbons (Fsp3) is 1.00. The zero-order chi connectivity index (χ0) is 4.12. The van der Waals surface area contributed by atoms with Crippen molar-refractivity contribution in [3.63, 3.8) is 0 Å². The third-order valence-electron chi connectivity index (χ3n) is 0.487. The number of rotatable bonds is 2. The summed E-state index contributed by atoms with van der Waals surface area (Å²) in [6, 6.07) is 0. The van der Waals surface area contributed by atoms with Gasteiger partial charge in [0.2, 0.25) is 0 Å². The minimum Gasteiger partial charge on any atom is -0.0864 e. The summed E-state index contributed by atoms with van der Waals surface area (Å²) in [5.74, 6) is 0. The van der Waals surface area contributed by atoms with Crippen molar-refractivity contribution in [1.82, 2.24) is 0 Å². The van der Waals surface area contributed by atoms with Crippen LogP contribution in [-0.4, -0.2) is 27.5 Å². The molecule has 34 valence electrons. The number of alkyl halides is 1. The molecule has 0 saturated carbocycles. The van der Waals surface area contributed by atoms with Gasteiger partial charge in [-0.15, -0.1) is 0 Å². The van der Waals surface area contributed by atoms with E-state index in [0.717, 1.165) is 0 Å². The Bertz CT molecular complexity index is 15.0. The highest BCUT2D eigenvalue weighted by Gasteiger charge is 1.69. The number of unbranched alkanes of at least 4 members (excludes halogenated alkanes) is 1. The summed E-state index contributed by atoms with van der Waals surface area (Å²) in [4.78, 5) is 0. The zero-order valence-corrected chi connectivity index (χ0v) is 7.78. The fourth-order valence-corrected chi connectivity index (χ4v) is 0.896. The van der Waals surface area contributed by atoms with Gasteiger partial charge in [0.1, 0.15) is 0 Å². The maximum atomic E-state index is 2.39. The molecule has 0 nitrogen and oxygen atoms in total. The van der Waals surface area contributed by atoms with Gasteiger partial charge in [-0.1, -0.05) is 35.9 Å². The van der Waals surface area contributed by atoms with Crippen molar-refractivity contribution in [3.8, 4) is 0 Å². The van der Waals surface area contributed by atoms with Gasteiger partial charge in [0.05, 0.1) is 0 Å². The van der Waals surface area contributed by atoms with Crippen molar-refractivity contribution in [1.29, 1.82) is 0 Å². The van der Waals surface area contributed by atoms with E-state index in [-0.39, 0.29) is 23.1 Å². The van der Waals surface area contributed by atoms with Gasteiger partial charge in [0.15, 0.2) is 0 Å².